The van der Waals surface area contributed by atoms with Gasteiger partial charge in [0.2, 0.25) is 0 Å². The lowest BCUT2D eigenvalue weighted by molar-refractivity contribution is -0.140. The fraction of sp³-hybridized carbons (Fsp3) is 0.462. The summed E-state index contributed by atoms with van der Waals surface area (Å²) >= 11 is 5.89. The third-order valence-electron chi connectivity index (χ3n) is 3.30. The average Bonchev–Trinajstić information content (AvgIpc) is 2.39. The highest BCUT2D eigenvalue weighted by Crippen LogP contribution is 2.25. The highest BCUT2D eigenvalue weighted by molar-refractivity contribution is 6.30. The average molecular weight is 305 g/mol. The molecule has 4 nitrogen and oxygen atoms in total. The van der Waals surface area contributed by atoms with E-state index >= 15 is 0 Å². The number of anilines is 1. The van der Waals surface area contributed by atoms with Gasteiger partial charge in [-0.2, -0.15) is 0 Å². The van der Waals surface area contributed by atoms with Crippen LogP contribution in [0.2, 0.25) is 5.02 Å². The molecule has 1 aliphatic rings. The van der Waals surface area contributed by atoms with E-state index < -0.39 is 5.60 Å². The Labute approximate surface area is 124 Å². The van der Waals surface area contributed by atoms with Crippen molar-refractivity contribution < 1.29 is 9.53 Å². The van der Waals surface area contributed by atoms with Crippen molar-refractivity contribution in [1.29, 1.82) is 0 Å². The zero-order valence-electron chi connectivity index (χ0n) is 10.7. The van der Waals surface area contributed by atoms with Crippen molar-refractivity contribution in [3.05, 3.63) is 29.3 Å². The van der Waals surface area contributed by atoms with Crippen molar-refractivity contribution in [3.63, 3.8) is 0 Å². The zero-order valence-corrected chi connectivity index (χ0v) is 12.3. The molecule has 0 aliphatic carbocycles. The highest BCUT2D eigenvalue weighted by Gasteiger charge is 2.39. The lowest BCUT2D eigenvalue weighted by Gasteiger charge is -2.34. The fourth-order valence-electron chi connectivity index (χ4n) is 2.17. The molecular formula is C13H18Cl2N2O2. The molecule has 6 heteroatoms. The van der Waals surface area contributed by atoms with Crippen LogP contribution in [0.5, 0.6) is 0 Å². The molecule has 0 atom stereocenters. The number of nitrogens with one attached hydrogen (secondary N) is 2. The molecule has 0 radical (unpaired) electrons. The zero-order chi connectivity index (χ0) is 13.0. The number of carbonyl (C=O) groups excluding carboxylic acids is 1. The van der Waals surface area contributed by atoms with Crippen LogP contribution < -0.4 is 10.6 Å². The van der Waals surface area contributed by atoms with E-state index in [1.807, 2.05) is 6.07 Å². The monoisotopic (exact) mass is 304 g/mol. The number of piperidine rings is 1. The van der Waals surface area contributed by atoms with Crippen molar-refractivity contribution in [1.82, 2.24) is 5.32 Å². The number of methoxy groups -OCH3 is 1. The van der Waals surface area contributed by atoms with Gasteiger partial charge in [0.05, 0.1) is 0 Å². The Balaban J connectivity index is 0.00000180. The Kier molecular flexibility index (Phi) is 6.07. The van der Waals surface area contributed by atoms with Gasteiger partial charge in [0.1, 0.15) is 5.60 Å². The molecule has 0 bridgehead atoms. The maximum Gasteiger partial charge on any atom is 0.256 e. The first-order valence-corrected chi connectivity index (χ1v) is 6.37. The van der Waals surface area contributed by atoms with Crippen LogP contribution >= 0.6 is 24.0 Å². The van der Waals surface area contributed by atoms with Gasteiger partial charge in [0, 0.05) is 17.8 Å². The van der Waals surface area contributed by atoms with E-state index in [0.29, 0.717) is 23.6 Å². The van der Waals surface area contributed by atoms with Gasteiger partial charge in [0.25, 0.3) is 5.91 Å². The van der Waals surface area contributed by atoms with Crippen molar-refractivity contribution >= 4 is 35.6 Å². The summed E-state index contributed by atoms with van der Waals surface area (Å²) in [6, 6.07) is 7.12. The molecule has 1 heterocycles. The summed E-state index contributed by atoms with van der Waals surface area (Å²) < 4.78 is 5.46. The molecule has 0 spiro atoms. The summed E-state index contributed by atoms with van der Waals surface area (Å²) in [6.07, 6.45) is 1.35. The number of rotatable bonds is 3. The molecule has 1 aromatic carbocycles. The Morgan fingerprint density at radius 3 is 2.68 bits per heavy atom. The standard InChI is InChI=1S/C13H17ClN2O2.ClH/c1-18-13(5-7-15-8-6-13)12(17)16-11-4-2-3-10(14)9-11;/h2-4,9,15H,5-8H2,1H3,(H,16,17);1H. The van der Waals surface area contributed by atoms with E-state index in [4.69, 9.17) is 16.3 Å². The van der Waals surface area contributed by atoms with E-state index in [1.165, 1.54) is 0 Å². The number of halogens is 2. The molecule has 0 unspecified atom stereocenters. The number of carbonyl (C=O) groups is 1. The molecule has 1 aliphatic heterocycles. The minimum atomic E-state index is -0.729. The van der Waals surface area contributed by atoms with Crippen molar-refractivity contribution in [2.24, 2.45) is 0 Å². The first kappa shape index (κ1) is 16.2. The normalized spacial score (nSPS) is 17.4. The predicted octanol–water partition coefficient (Wildman–Crippen LogP) is 2.47. The Morgan fingerprint density at radius 2 is 2.11 bits per heavy atom. The van der Waals surface area contributed by atoms with Gasteiger partial charge in [0.15, 0.2) is 0 Å². The number of amides is 1. The van der Waals surface area contributed by atoms with Crippen LogP contribution in [0, 0.1) is 0 Å². The smallest absolute Gasteiger partial charge is 0.256 e. The maximum atomic E-state index is 12.3. The summed E-state index contributed by atoms with van der Waals surface area (Å²) in [6.45, 7) is 1.58. The number of hydrogen-bond donors (Lipinski definition) is 2. The van der Waals surface area contributed by atoms with Gasteiger partial charge in [-0.25, -0.2) is 0 Å². The molecule has 2 rings (SSSR count). The van der Waals surface area contributed by atoms with Crippen LogP contribution in [0.4, 0.5) is 5.69 Å². The molecule has 1 aromatic rings. The summed E-state index contributed by atoms with van der Waals surface area (Å²) in [7, 11) is 1.59. The number of benzene rings is 1. The van der Waals surface area contributed by atoms with Crippen LogP contribution in [0.3, 0.4) is 0 Å². The van der Waals surface area contributed by atoms with Gasteiger partial charge in [-0.15, -0.1) is 12.4 Å². The van der Waals surface area contributed by atoms with Crippen LogP contribution in [0.25, 0.3) is 0 Å². The van der Waals surface area contributed by atoms with E-state index in [0.717, 1.165) is 13.1 Å². The maximum absolute atomic E-state index is 12.3. The number of hydrogen-bond acceptors (Lipinski definition) is 3. The van der Waals surface area contributed by atoms with Gasteiger partial charge in [-0.1, -0.05) is 17.7 Å². The van der Waals surface area contributed by atoms with Gasteiger partial charge >= 0.3 is 0 Å². The summed E-state index contributed by atoms with van der Waals surface area (Å²) in [4.78, 5) is 12.3. The first-order valence-electron chi connectivity index (χ1n) is 5.99. The lowest BCUT2D eigenvalue weighted by Crippen LogP contribution is -2.51. The van der Waals surface area contributed by atoms with Crippen LogP contribution in [0.15, 0.2) is 24.3 Å². The predicted molar refractivity (Wildman–Crippen MR) is 79.2 cm³/mol. The molecule has 1 amide bonds. The molecule has 1 saturated heterocycles. The third kappa shape index (κ3) is 3.83. The van der Waals surface area contributed by atoms with Crippen molar-refractivity contribution in [2.45, 2.75) is 18.4 Å². The van der Waals surface area contributed by atoms with Crippen molar-refractivity contribution in [2.75, 3.05) is 25.5 Å². The largest absolute Gasteiger partial charge is 0.368 e. The lowest BCUT2D eigenvalue weighted by atomic mass is 9.91. The third-order valence-corrected chi connectivity index (χ3v) is 3.53. The Bertz CT molecular complexity index is 434. The molecule has 2 N–H and O–H groups in total. The molecule has 0 saturated carbocycles. The second-order valence-corrected chi connectivity index (χ2v) is 4.85. The summed E-state index contributed by atoms with van der Waals surface area (Å²) in [5, 5.41) is 6.69. The number of ether oxygens (including phenoxy) is 1. The molecule has 19 heavy (non-hydrogen) atoms. The van der Waals surface area contributed by atoms with E-state index in [1.54, 1.807) is 25.3 Å². The quantitative estimate of drug-likeness (QED) is 0.902. The van der Waals surface area contributed by atoms with Gasteiger partial charge in [-0.3, -0.25) is 4.79 Å². The molecule has 0 aromatic heterocycles. The summed E-state index contributed by atoms with van der Waals surface area (Å²) in [5.74, 6) is -0.103. The van der Waals surface area contributed by atoms with Gasteiger partial charge < -0.3 is 15.4 Å². The molecule has 106 valence electrons. The van der Waals surface area contributed by atoms with Gasteiger partial charge in [-0.05, 0) is 44.1 Å². The second-order valence-electron chi connectivity index (χ2n) is 4.41. The molecule has 1 fully saturated rings. The first-order chi connectivity index (χ1) is 8.66. The fourth-order valence-corrected chi connectivity index (χ4v) is 2.36. The van der Waals surface area contributed by atoms with Crippen LogP contribution in [-0.2, 0) is 9.53 Å². The van der Waals surface area contributed by atoms with E-state index in [9.17, 15) is 4.79 Å². The van der Waals surface area contributed by atoms with Crippen molar-refractivity contribution in [3.8, 4) is 0 Å². The Morgan fingerprint density at radius 1 is 1.42 bits per heavy atom. The highest BCUT2D eigenvalue weighted by atomic mass is 35.5. The second kappa shape index (κ2) is 7.10. The SMILES string of the molecule is COC1(C(=O)Nc2cccc(Cl)c2)CCNCC1.Cl. The minimum Gasteiger partial charge on any atom is -0.368 e. The molecular weight excluding hydrogens is 287 g/mol. The Hall–Kier alpha value is -0.810. The van der Waals surface area contributed by atoms with E-state index in [2.05, 4.69) is 10.6 Å². The van der Waals surface area contributed by atoms with Crippen LogP contribution in [0.1, 0.15) is 12.8 Å². The minimum absolute atomic E-state index is 0. The topological polar surface area (TPSA) is 50.4 Å². The van der Waals surface area contributed by atoms with E-state index in [-0.39, 0.29) is 18.3 Å². The van der Waals surface area contributed by atoms with Crippen LogP contribution in [-0.4, -0.2) is 31.7 Å². The summed E-state index contributed by atoms with van der Waals surface area (Å²) in [5.41, 5.74) is -0.0319.